The van der Waals surface area contributed by atoms with Crippen molar-refractivity contribution in [3.8, 4) is 5.75 Å². The average molecular weight is 434 g/mol. The van der Waals surface area contributed by atoms with E-state index in [4.69, 9.17) is 4.74 Å². The van der Waals surface area contributed by atoms with E-state index in [2.05, 4.69) is 4.90 Å². The van der Waals surface area contributed by atoms with Crippen LogP contribution in [-0.4, -0.2) is 51.5 Å². The van der Waals surface area contributed by atoms with E-state index in [1.54, 1.807) is 18.2 Å². The fourth-order valence-corrected chi connectivity index (χ4v) is 5.08. The second-order valence-corrected chi connectivity index (χ2v) is 9.27. The van der Waals surface area contributed by atoms with Gasteiger partial charge in [0.15, 0.2) is 0 Å². The summed E-state index contributed by atoms with van der Waals surface area (Å²) in [6.45, 7) is 4.32. The van der Waals surface area contributed by atoms with Gasteiger partial charge in [0.2, 0.25) is 0 Å². The van der Waals surface area contributed by atoms with Crippen LogP contribution in [0.3, 0.4) is 0 Å². The maximum absolute atomic E-state index is 13.5. The Hall–Kier alpha value is -2.65. The molecule has 0 N–H and O–H groups in total. The third-order valence-corrected chi connectivity index (χ3v) is 7.15. The van der Waals surface area contributed by atoms with Gasteiger partial charge in [-0.05, 0) is 57.1 Å². The number of likely N-dealkylation sites (tertiary alicyclic amines) is 1. The predicted octanol–water partition coefficient (Wildman–Crippen LogP) is 3.59. The number of piperidine rings is 1. The van der Waals surface area contributed by atoms with Gasteiger partial charge >= 0.3 is 0 Å². The van der Waals surface area contributed by atoms with E-state index in [1.807, 2.05) is 6.92 Å². The van der Waals surface area contributed by atoms with Gasteiger partial charge in [0.1, 0.15) is 11.4 Å². The SMILES string of the molecule is COc1ccc(N(CCN2CCCCC2)S(=O)(=O)c2ccc(C)cc2)c([N+](=O)[O-])c1. The quantitative estimate of drug-likeness (QED) is 0.467. The molecule has 162 valence electrons. The van der Waals surface area contributed by atoms with Gasteiger partial charge in [0.05, 0.1) is 23.0 Å². The normalized spacial score (nSPS) is 15.0. The van der Waals surface area contributed by atoms with Gasteiger partial charge in [-0.3, -0.25) is 14.4 Å². The Bertz CT molecular complexity index is 986. The van der Waals surface area contributed by atoms with E-state index in [0.717, 1.165) is 35.8 Å². The first-order chi connectivity index (χ1) is 14.3. The highest BCUT2D eigenvalue weighted by Gasteiger charge is 2.31. The van der Waals surface area contributed by atoms with Crippen LogP contribution in [0.15, 0.2) is 47.4 Å². The molecule has 1 heterocycles. The minimum absolute atomic E-state index is 0.0402. The van der Waals surface area contributed by atoms with Crippen LogP contribution in [-0.2, 0) is 10.0 Å². The minimum atomic E-state index is -3.99. The van der Waals surface area contributed by atoms with Crippen LogP contribution in [0.4, 0.5) is 11.4 Å². The number of anilines is 1. The Kier molecular flexibility index (Phi) is 6.94. The highest BCUT2D eigenvalue weighted by Crippen LogP contribution is 2.35. The van der Waals surface area contributed by atoms with Crippen molar-refractivity contribution in [2.45, 2.75) is 31.1 Å². The Labute approximate surface area is 177 Å². The molecule has 1 aliphatic heterocycles. The first kappa shape index (κ1) is 22.0. The van der Waals surface area contributed by atoms with E-state index in [9.17, 15) is 18.5 Å². The van der Waals surface area contributed by atoms with E-state index in [0.29, 0.717) is 12.3 Å². The van der Waals surface area contributed by atoms with Gasteiger partial charge in [0.25, 0.3) is 15.7 Å². The zero-order chi connectivity index (χ0) is 21.7. The second kappa shape index (κ2) is 9.44. The molecule has 0 unspecified atom stereocenters. The van der Waals surface area contributed by atoms with Crippen LogP contribution in [0.2, 0.25) is 0 Å². The summed E-state index contributed by atoms with van der Waals surface area (Å²) >= 11 is 0. The van der Waals surface area contributed by atoms with Gasteiger partial charge in [-0.1, -0.05) is 24.1 Å². The molecule has 2 aromatic rings. The zero-order valence-electron chi connectivity index (χ0n) is 17.3. The molecule has 2 aromatic carbocycles. The molecular weight excluding hydrogens is 406 g/mol. The maximum Gasteiger partial charge on any atom is 0.297 e. The summed E-state index contributed by atoms with van der Waals surface area (Å²) in [5.74, 6) is 0.300. The zero-order valence-corrected chi connectivity index (χ0v) is 18.1. The largest absolute Gasteiger partial charge is 0.496 e. The van der Waals surface area contributed by atoms with Crippen LogP contribution >= 0.6 is 0 Å². The molecule has 1 fully saturated rings. The molecule has 8 nitrogen and oxygen atoms in total. The lowest BCUT2D eigenvalue weighted by Crippen LogP contribution is -2.40. The lowest BCUT2D eigenvalue weighted by atomic mass is 10.1. The average Bonchev–Trinajstić information content (AvgIpc) is 2.74. The molecule has 0 aliphatic carbocycles. The topological polar surface area (TPSA) is 93.0 Å². The monoisotopic (exact) mass is 433 g/mol. The van der Waals surface area contributed by atoms with Crippen LogP contribution in [0.25, 0.3) is 0 Å². The summed E-state index contributed by atoms with van der Waals surface area (Å²) in [5.41, 5.74) is 0.673. The van der Waals surface area contributed by atoms with Crippen LogP contribution < -0.4 is 9.04 Å². The lowest BCUT2D eigenvalue weighted by Gasteiger charge is -2.30. The van der Waals surface area contributed by atoms with Crippen molar-refractivity contribution in [2.24, 2.45) is 0 Å². The number of aryl methyl sites for hydroxylation is 1. The summed E-state index contributed by atoms with van der Waals surface area (Å²) < 4.78 is 33.3. The Morgan fingerprint density at radius 2 is 1.77 bits per heavy atom. The number of benzene rings is 2. The van der Waals surface area contributed by atoms with E-state index < -0.39 is 14.9 Å². The molecule has 30 heavy (non-hydrogen) atoms. The minimum Gasteiger partial charge on any atom is -0.496 e. The van der Waals surface area contributed by atoms with E-state index >= 15 is 0 Å². The Morgan fingerprint density at radius 3 is 2.37 bits per heavy atom. The molecule has 0 spiro atoms. The third kappa shape index (κ3) is 4.91. The van der Waals surface area contributed by atoms with Gasteiger partial charge in [0, 0.05) is 13.1 Å². The maximum atomic E-state index is 13.5. The number of sulfonamides is 1. The lowest BCUT2D eigenvalue weighted by molar-refractivity contribution is -0.384. The number of hydrogen-bond donors (Lipinski definition) is 0. The fraction of sp³-hybridized carbons (Fsp3) is 0.429. The van der Waals surface area contributed by atoms with Crippen LogP contribution in [0, 0.1) is 17.0 Å². The molecule has 0 atom stereocenters. The second-order valence-electron chi connectivity index (χ2n) is 7.40. The molecular formula is C21H27N3O5S. The van der Waals surface area contributed by atoms with Gasteiger partial charge in [-0.25, -0.2) is 8.42 Å². The first-order valence-electron chi connectivity index (χ1n) is 9.97. The standard InChI is InChI=1S/C21H27N3O5S/c1-17-6-9-19(10-7-17)30(27,28)23(15-14-22-12-4-3-5-13-22)20-11-8-18(29-2)16-21(20)24(25)26/h6-11,16H,3-5,12-15H2,1-2H3. The molecule has 0 bridgehead atoms. The van der Waals surface area contributed by atoms with E-state index in [1.165, 1.54) is 37.8 Å². The summed E-state index contributed by atoms with van der Waals surface area (Å²) in [6, 6.07) is 10.8. The Balaban J connectivity index is 2.03. The third-order valence-electron chi connectivity index (χ3n) is 5.32. The Morgan fingerprint density at radius 1 is 1.10 bits per heavy atom. The van der Waals surface area contributed by atoms with Crippen molar-refractivity contribution in [1.29, 1.82) is 0 Å². The molecule has 1 aliphatic rings. The number of nitrogens with zero attached hydrogens (tertiary/aromatic N) is 3. The van der Waals surface area contributed by atoms with Crippen molar-refractivity contribution in [3.63, 3.8) is 0 Å². The number of nitro groups is 1. The number of methoxy groups -OCH3 is 1. The van der Waals surface area contributed by atoms with Crippen molar-refractivity contribution in [1.82, 2.24) is 4.90 Å². The molecule has 0 saturated carbocycles. The highest BCUT2D eigenvalue weighted by molar-refractivity contribution is 7.92. The highest BCUT2D eigenvalue weighted by atomic mass is 32.2. The van der Waals surface area contributed by atoms with Crippen molar-refractivity contribution >= 4 is 21.4 Å². The molecule has 3 rings (SSSR count). The van der Waals surface area contributed by atoms with Crippen molar-refractivity contribution in [3.05, 3.63) is 58.1 Å². The molecule has 9 heteroatoms. The molecule has 0 amide bonds. The number of rotatable bonds is 8. The first-order valence-corrected chi connectivity index (χ1v) is 11.4. The number of nitro benzene ring substituents is 1. The fourth-order valence-electron chi connectivity index (χ4n) is 3.61. The predicted molar refractivity (Wildman–Crippen MR) is 116 cm³/mol. The van der Waals surface area contributed by atoms with Crippen molar-refractivity contribution in [2.75, 3.05) is 37.6 Å². The van der Waals surface area contributed by atoms with Gasteiger partial charge in [-0.2, -0.15) is 0 Å². The van der Waals surface area contributed by atoms with Gasteiger partial charge in [-0.15, -0.1) is 0 Å². The van der Waals surface area contributed by atoms with Crippen LogP contribution in [0.1, 0.15) is 24.8 Å². The number of hydrogen-bond acceptors (Lipinski definition) is 6. The van der Waals surface area contributed by atoms with E-state index in [-0.39, 0.29) is 22.8 Å². The number of ether oxygens (including phenoxy) is 1. The molecule has 1 saturated heterocycles. The summed E-state index contributed by atoms with van der Waals surface area (Å²) in [6.07, 6.45) is 3.33. The van der Waals surface area contributed by atoms with Crippen molar-refractivity contribution < 1.29 is 18.1 Å². The van der Waals surface area contributed by atoms with Crippen LogP contribution in [0.5, 0.6) is 5.75 Å². The van der Waals surface area contributed by atoms with Gasteiger partial charge < -0.3 is 9.64 Å². The molecule has 0 aromatic heterocycles. The summed E-state index contributed by atoms with van der Waals surface area (Å²) in [7, 11) is -2.57. The summed E-state index contributed by atoms with van der Waals surface area (Å²) in [5, 5.41) is 11.7. The smallest absolute Gasteiger partial charge is 0.297 e. The molecule has 0 radical (unpaired) electrons. The summed E-state index contributed by atoms with van der Waals surface area (Å²) in [4.78, 5) is 13.5.